The van der Waals surface area contributed by atoms with Gasteiger partial charge in [0.1, 0.15) is 5.75 Å². The number of aromatic hydroxyl groups is 1. The molecule has 26 heavy (non-hydrogen) atoms. The van der Waals surface area contributed by atoms with Crippen LogP contribution in [0, 0.1) is 0 Å². The lowest BCUT2D eigenvalue weighted by molar-refractivity contribution is 0.370. The van der Waals surface area contributed by atoms with Crippen molar-refractivity contribution in [3.05, 3.63) is 82.6 Å². The molecule has 0 fully saturated rings. The molecule has 132 valence electrons. The van der Waals surface area contributed by atoms with Crippen molar-refractivity contribution >= 4 is 27.1 Å². The summed E-state index contributed by atoms with van der Waals surface area (Å²) < 4.78 is 27.5. The number of hydrogen-bond donors (Lipinski definition) is 1. The summed E-state index contributed by atoms with van der Waals surface area (Å²) in [6, 6.07) is 18.3. The Bertz CT molecular complexity index is 1050. The molecule has 1 atom stereocenters. The van der Waals surface area contributed by atoms with E-state index in [1.165, 1.54) is 15.8 Å². The number of hydrogen-bond acceptors (Lipinski definition) is 5. The minimum atomic E-state index is -3.80. The second-order valence-electron chi connectivity index (χ2n) is 5.93. The molecule has 1 aromatic heterocycles. The molecule has 4 rings (SSSR count). The van der Waals surface area contributed by atoms with Crippen LogP contribution in [0.4, 0.5) is 0 Å². The highest BCUT2D eigenvalue weighted by atomic mass is 32.2. The summed E-state index contributed by atoms with van der Waals surface area (Å²) >= 11 is 1.53. The number of sulfonamides is 1. The average molecular weight is 384 g/mol. The summed E-state index contributed by atoms with van der Waals surface area (Å²) in [6.45, 7) is 0. The average Bonchev–Trinajstić information content (AvgIpc) is 3.32. The Morgan fingerprint density at radius 1 is 1.04 bits per heavy atom. The van der Waals surface area contributed by atoms with Gasteiger partial charge in [0.05, 0.1) is 21.5 Å². The van der Waals surface area contributed by atoms with Crippen molar-refractivity contribution in [3.63, 3.8) is 0 Å². The molecule has 0 unspecified atom stereocenters. The second-order valence-corrected chi connectivity index (χ2v) is 8.67. The van der Waals surface area contributed by atoms with E-state index in [1.54, 1.807) is 48.5 Å². The maximum Gasteiger partial charge on any atom is 0.279 e. The van der Waals surface area contributed by atoms with Gasteiger partial charge in [0.2, 0.25) is 0 Å². The van der Waals surface area contributed by atoms with Gasteiger partial charge in [-0.1, -0.05) is 36.4 Å². The zero-order chi connectivity index (χ0) is 18.1. The monoisotopic (exact) mass is 384 g/mol. The van der Waals surface area contributed by atoms with Crippen LogP contribution in [0.25, 0.3) is 0 Å². The molecule has 0 saturated heterocycles. The quantitative estimate of drug-likeness (QED) is 0.739. The summed E-state index contributed by atoms with van der Waals surface area (Å²) in [7, 11) is -3.80. The molecule has 5 nitrogen and oxygen atoms in total. The topological polar surface area (TPSA) is 70.0 Å². The van der Waals surface area contributed by atoms with Crippen LogP contribution in [-0.2, 0) is 10.0 Å². The van der Waals surface area contributed by atoms with Crippen molar-refractivity contribution in [1.82, 2.24) is 4.41 Å². The van der Waals surface area contributed by atoms with E-state index in [4.69, 9.17) is 0 Å². The molecule has 1 N–H and O–H groups in total. The highest BCUT2D eigenvalue weighted by Gasteiger charge is 2.38. The molecule has 0 radical (unpaired) electrons. The SMILES string of the molecule is O=S(=O)(c1ccccc1)N1N=C(c2cccs2)C[C@@H]1c1cccc(O)c1. The molecule has 7 heteroatoms. The Kier molecular flexibility index (Phi) is 4.26. The second kappa shape index (κ2) is 6.59. The van der Waals surface area contributed by atoms with Gasteiger partial charge >= 0.3 is 0 Å². The lowest BCUT2D eigenvalue weighted by Crippen LogP contribution is -2.27. The van der Waals surface area contributed by atoms with Gasteiger partial charge in [-0.2, -0.15) is 17.9 Å². The molecule has 0 spiro atoms. The number of phenols is 1. The number of rotatable bonds is 4. The van der Waals surface area contributed by atoms with E-state index >= 15 is 0 Å². The fourth-order valence-corrected chi connectivity index (χ4v) is 5.16. The van der Waals surface area contributed by atoms with Crippen LogP contribution in [0.5, 0.6) is 5.75 Å². The highest BCUT2D eigenvalue weighted by Crippen LogP contribution is 2.38. The Hall–Kier alpha value is -2.64. The van der Waals surface area contributed by atoms with E-state index in [1.807, 2.05) is 23.6 Å². The number of benzene rings is 2. The van der Waals surface area contributed by atoms with E-state index in [0.29, 0.717) is 12.0 Å². The first kappa shape index (κ1) is 16.8. The molecule has 1 aliphatic heterocycles. The van der Waals surface area contributed by atoms with Crippen LogP contribution in [0.3, 0.4) is 0 Å². The third-order valence-electron chi connectivity index (χ3n) is 4.22. The molecule has 0 aliphatic carbocycles. The number of phenolic OH excluding ortho intramolecular Hbond substituents is 1. The van der Waals surface area contributed by atoms with E-state index in [-0.39, 0.29) is 10.6 Å². The highest BCUT2D eigenvalue weighted by molar-refractivity contribution is 7.89. The van der Waals surface area contributed by atoms with E-state index < -0.39 is 16.1 Å². The molecule has 2 aromatic carbocycles. The van der Waals surface area contributed by atoms with Crippen molar-refractivity contribution in [2.45, 2.75) is 17.4 Å². The third kappa shape index (κ3) is 3.00. The first-order chi connectivity index (χ1) is 12.6. The van der Waals surface area contributed by atoms with Crippen LogP contribution in [-0.4, -0.2) is 23.7 Å². The van der Waals surface area contributed by atoms with Gasteiger partial charge in [0.15, 0.2) is 0 Å². The number of nitrogens with zero attached hydrogens (tertiary/aromatic N) is 2. The fourth-order valence-electron chi connectivity index (χ4n) is 2.98. The maximum absolute atomic E-state index is 13.2. The van der Waals surface area contributed by atoms with Crippen molar-refractivity contribution in [1.29, 1.82) is 0 Å². The van der Waals surface area contributed by atoms with Gasteiger partial charge in [-0.05, 0) is 41.3 Å². The van der Waals surface area contributed by atoms with E-state index in [9.17, 15) is 13.5 Å². The third-order valence-corrected chi connectivity index (χ3v) is 6.84. The minimum Gasteiger partial charge on any atom is -0.508 e. The van der Waals surface area contributed by atoms with Crippen LogP contribution in [0.2, 0.25) is 0 Å². The predicted molar refractivity (Wildman–Crippen MR) is 102 cm³/mol. The van der Waals surface area contributed by atoms with Gasteiger partial charge in [-0.15, -0.1) is 11.3 Å². The molecular formula is C19H16N2O3S2. The summed E-state index contributed by atoms with van der Waals surface area (Å²) in [4.78, 5) is 1.14. The van der Waals surface area contributed by atoms with Gasteiger partial charge in [-0.3, -0.25) is 0 Å². The van der Waals surface area contributed by atoms with E-state index in [2.05, 4.69) is 5.10 Å². The van der Waals surface area contributed by atoms with Gasteiger partial charge < -0.3 is 5.11 Å². The first-order valence-electron chi connectivity index (χ1n) is 8.05. The molecule has 0 amide bonds. The zero-order valence-electron chi connectivity index (χ0n) is 13.7. The summed E-state index contributed by atoms with van der Waals surface area (Å²) in [6.07, 6.45) is 0.454. The van der Waals surface area contributed by atoms with Crippen molar-refractivity contribution in [2.75, 3.05) is 0 Å². The summed E-state index contributed by atoms with van der Waals surface area (Å²) in [5, 5.41) is 16.2. The largest absolute Gasteiger partial charge is 0.508 e. The lowest BCUT2D eigenvalue weighted by atomic mass is 10.0. The fraction of sp³-hybridized carbons (Fsp3) is 0.105. The molecule has 2 heterocycles. The Morgan fingerprint density at radius 3 is 2.54 bits per heavy atom. The zero-order valence-corrected chi connectivity index (χ0v) is 15.3. The van der Waals surface area contributed by atoms with Crippen LogP contribution < -0.4 is 0 Å². The minimum absolute atomic E-state index is 0.101. The number of thiophene rings is 1. The summed E-state index contributed by atoms with van der Waals surface area (Å²) in [5.74, 6) is 0.101. The van der Waals surface area contributed by atoms with E-state index in [0.717, 1.165) is 10.6 Å². The Morgan fingerprint density at radius 2 is 1.85 bits per heavy atom. The van der Waals surface area contributed by atoms with Crippen molar-refractivity contribution in [3.8, 4) is 5.75 Å². The maximum atomic E-state index is 13.2. The molecule has 0 saturated carbocycles. The summed E-state index contributed by atoms with van der Waals surface area (Å²) in [5.41, 5.74) is 1.44. The lowest BCUT2D eigenvalue weighted by Gasteiger charge is -2.23. The number of hydrazone groups is 1. The molecule has 1 aliphatic rings. The van der Waals surface area contributed by atoms with Crippen LogP contribution >= 0.6 is 11.3 Å². The molecule has 0 bridgehead atoms. The van der Waals surface area contributed by atoms with Crippen molar-refractivity contribution in [2.24, 2.45) is 5.10 Å². The standard InChI is InChI=1S/C19H16N2O3S2/c22-15-7-4-6-14(12-15)18-13-17(19-10-5-11-25-19)20-21(18)26(23,24)16-8-2-1-3-9-16/h1-12,18,22H,13H2/t18-/m1/s1. The smallest absolute Gasteiger partial charge is 0.279 e. The Balaban J connectivity index is 1.81. The van der Waals surface area contributed by atoms with Crippen LogP contribution in [0.1, 0.15) is 22.9 Å². The predicted octanol–water partition coefficient (Wildman–Crippen LogP) is 3.99. The first-order valence-corrected chi connectivity index (χ1v) is 10.4. The van der Waals surface area contributed by atoms with Gasteiger partial charge in [0.25, 0.3) is 10.0 Å². The normalized spacial score (nSPS) is 17.3. The van der Waals surface area contributed by atoms with Gasteiger partial charge in [0, 0.05) is 6.42 Å². The van der Waals surface area contributed by atoms with Crippen molar-refractivity contribution < 1.29 is 13.5 Å². The van der Waals surface area contributed by atoms with Gasteiger partial charge in [-0.25, -0.2) is 0 Å². The Labute approximate surface area is 155 Å². The molecular weight excluding hydrogens is 368 g/mol. The van der Waals surface area contributed by atoms with Crippen LogP contribution in [0.15, 0.2) is 82.1 Å². The molecule has 3 aromatic rings.